The molecule has 0 fully saturated rings. The summed E-state index contributed by atoms with van der Waals surface area (Å²) in [6.45, 7) is 4.43. The molecule has 0 N–H and O–H groups in total. The van der Waals surface area contributed by atoms with Crippen LogP contribution in [0.4, 0.5) is 0 Å². The number of ether oxygens (including phenoxy) is 1. The van der Waals surface area contributed by atoms with E-state index in [0.29, 0.717) is 11.4 Å². The minimum absolute atomic E-state index is 0.298. The van der Waals surface area contributed by atoms with E-state index in [2.05, 4.69) is 117 Å². The minimum Gasteiger partial charge on any atom is -0.457 e. The van der Waals surface area contributed by atoms with Gasteiger partial charge in [-0.3, -0.25) is 0 Å². The lowest BCUT2D eigenvalue weighted by Gasteiger charge is -2.39. The van der Waals surface area contributed by atoms with Crippen molar-refractivity contribution in [2.75, 3.05) is 0 Å². The number of benzene rings is 6. The first-order valence-electron chi connectivity index (χ1n) is 16.5. The molecular formula is C44H33N3O. The number of rotatable bonds is 6. The molecule has 48 heavy (non-hydrogen) atoms. The first kappa shape index (κ1) is 29.4. The molecule has 0 bridgehead atoms. The number of nitriles is 1. The third kappa shape index (κ3) is 4.84. The highest BCUT2D eigenvalue weighted by Gasteiger charge is 2.40. The molecule has 0 unspecified atom stereocenters. The number of hydrogen-bond acceptors (Lipinski definition) is 4. The average molecular weight is 620 g/mol. The smallest absolute Gasteiger partial charge is 0.160 e. The van der Waals surface area contributed by atoms with Crippen molar-refractivity contribution in [2.24, 2.45) is 0 Å². The molecule has 1 aliphatic heterocycles. The van der Waals surface area contributed by atoms with Gasteiger partial charge in [-0.2, -0.15) is 5.26 Å². The minimum atomic E-state index is -0.298. The molecule has 4 heteroatoms. The van der Waals surface area contributed by atoms with Crippen LogP contribution in [0, 0.1) is 11.3 Å². The Hall–Kier alpha value is -6.05. The highest BCUT2D eigenvalue weighted by Crippen LogP contribution is 2.53. The molecule has 0 spiro atoms. The molecule has 0 saturated carbocycles. The van der Waals surface area contributed by atoms with Crippen LogP contribution in [0.2, 0.25) is 0 Å². The predicted octanol–water partition coefficient (Wildman–Crippen LogP) is 11.4. The first-order valence-corrected chi connectivity index (χ1v) is 16.5. The zero-order chi connectivity index (χ0) is 32.7. The molecule has 0 atom stereocenters. The Labute approximate surface area is 281 Å². The lowest BCUT2D eigenvalue weighted by Crippen LogP contribution is -2.30. The van der Waals surface area contributed by atoms with Crippen LogP contribution in [-0.2, 0) is 5.41 Å². The molecule has 8 rings (SSSR count). The van der Waals surface area contributed by atoms with Crippen LogP contribution in [0.5, 0.6) is 11.5 Å². The zero-order valence-electron chi connectivity index (χ0n) is 26.9. The van der Waals surface area contributed by atoms with Gasteiger partial charge in [-0.05, 0) is 77.2 Å². The van der Waals surface area contributed by atoms with Crippen molar-refractivity contribution in [1.82, 2.24) is 9.97 Å². The molecule has 0 saturated heterocycles. The van der Waals surface area contributed by atoms with Crippen LogP contribution < -0.4 is 4.74 Å². The Morgan fingerprint density at radius 3 is 1.83 bits per heavy atom. The van der Waals surface area contributed by atoms with Crippen molar-refractivity contribution in [2.45, 2.75) is 32.1 Å². The molecular weight excluding hydrogens is 587 g/mol. The topological polar surface area (TPSA) is 58.8 Å². The monoisotopic (exact) mass is 619 g/mol. The van der Waals surface area contributed by atoms with Gasteiger partial charge in [-0.15, -0.1) is 0 Å². The van der Waals surface area contributed by atoms with Crippen molar-refractivity contribution in [3.05, 3.63) is 156 Å². The van der Waals surface area contributed by atoms with Crippen LogP contribution >= 0.6 is 0 Å². The number of aromatic nitrogens is 2. The maximum atomic E-state index is 9.72. The van der Waals surface area contributed by atoms with Crippen molar-refractivity contribution in [3.63, 3.8) is 0 Å². The van der Waals surface area contributed by atoms with Gasteiger partial charge in [-0.1, -0.05) is 111 Å². The van der Waals surface area contributed by atoms with Gasteiger partial charge in [0.05, 0.1) is 23.0 Å². The lowest BCUT2D eigenvalue weighted by molar-refractivity contribution is 0.375. The summed E-state index contributed by atoms with van der Waals surface area (Å²) >= 11 is 0. The van der Waals surface area contributed by atoms with Gasteiger partial charge in [0.2, 0.25) is 0 Å². The van der Waals surface area contributed by atoms with Gasteiger partial charge < -0.3 is 4.74 Å². The standard InChI is InChI=1S/C44H33N3O/c1-3-44(4-2)37-25-29(28-45)19-23-41(37)48-42-24-20-32(26-38(42)44)39-27-40(47-43(46-39)31-15-9-6-10-16-31)36-22-21-33(30-13-7-5-8-14-30)34-17-11-12-18-35(34)36/h5-27H,3-4H2,1-2H3. The van der Waals surface area contributed by atoms with Gasteiger partial charge in [0.1, 0.15) is 11.5 Å². The lowest BCUT2D eigenvalue weighted by atomic mass is 9.68. The van der Waals surface area contributed by atoms with E-state index in [1.165, 1.54) is 16.5 Å². The van der Waals surface area contributed by atoms with E-state index in [0.717, 1.165) is 68.9 Å². The molecule has 7 aromatic rings. The van der Waals surface area contributed by atoms with Crippen LogP contribution in [0.25, 0.3) is 55.8 Å². The SMILES string of the molecule is CCC1(CC)c2cc(C#N)ccc2Oc2ccc(-c3cc(-c4ccc(-c5ccccc5)c5ccccc45)nc(-c4ccccc4)n3)cc21. The third-order valence-electron chi connectivity index (χ3n) is 9.89. The average Bonchev–Trinajstić information content (AvgIpc) is 3.16. The molecule has 1 aromatic heterocycles. The fourth-order valence-electron chi connectivity index (χ4n) is 7.33. The van der Waals surface area contributed by atoms with E-state index in [9.17, 15) is 5.26 Å². The molecule has 0 amide bonds. The fourth-order valence-corrected chi connectivity index (χ4v) is 7.33. The van der Waals surface area contributed by atoms with E-state index in [1.54, 1.807) is 0 Å². The predicted molar refractivity (Wildman–Crippen MR) is 194 cm³/mol. The summed E-state index contributed by atoms with van der Waals surface area (Å²) in [6, 6.07) is 50.3. The van der Waals surface area contributed by atoms with Gasteiger partial charge >= 0.3 is 0 Å². The third-order valence-corrected chi connectivity index (χ3v) is 9.89. The summed E-state index contributed by atoms with van der Waals surface area (Å²) < 4.78 is 6.47. The molecule has 2 heterocycles. The summed E-state index contributed by atoms with van der Waals surface area (Å²) in [6.07, 6.45) is 1.74. The highest BCUT2D eigenvalue weighted by molar-refractivity contribution is 6.04. The molecule has 4 nitrogen and oxygen atoms in total. The van der Waals surface area contributed by atoms with E-state index in [4.69, 9.17) is 14.7 Å². The normalized spacial score (nSPS) is 12.9. The number of fused-ring (bicyclic) bond motifs is 3. The van der Waals surface area contributed by atoms with Gasteiger partial charge in [0.25, 0.3) is 0 Å². The van der Waals surface area contributed by atoms with E-state index in [-0.39, 0.29) is 5.41 Å². The van der Waals surface area contributed by atoms with Gasteiger partial charge in [-0.25, -0.2) is 9.97 Å². The molecule has 0 radical (unpaired) electrons. The van der Waals surface area contributed by atoms with Crippen LogP contribution in [-0.4, -0.2) is 9.97 Å². The Morgan fingerprint density at radius 2 is 1.15 bits per heavy atom. The summed E-state index contributed by atoms with van der Waals surface area (Å²) in [5.74, 6) is 2.34. The Kier molecular flexibility index (Phi) is 7.31. The quantitative estimate of drug-likeness (QED) is 0.186. The summed E-state index contributed by atoms with van der Waals surface area (Å²) in [5, 5.41) is 12.0. The molecule has 6 aromatic carbocycles. The Morgan fingerprint density at radius 1 is 0.562 bits per heavy atom. The second-order valence-corrected chi connectivity index (χ2v) is 12.3. The fraction of sp³-hybridized carbons (Fsp3) is 0.114. The van der Waals surface area contributed by atoms with Crippen molar-refractivity contribution in [3.8, 4) is 62.6 Å². The van der Waals surface area contributed by atoms with Crippen LogP contribution in [0.1, 0.15) is 43.4 Å². The van der Waals surface area contributed by atoms with Crippen molar-refractivity contribution >= 4 is 10.8 Å². The first-order chi connectivity index (χ1) is 23.6. The maximum Gasteiger partial charge on any atom is 0.160 e. The summed E-state index contributed by atoms with van der Waals surface area (Å²) in [4.78, 5) is 10.4. The highest BCUT2D eigenvalue weighted by atomic mass is 16.5. The molecule has 1 aliphatic rings. The second-order valence-electron chi connectivity index (χ2n) is 12.3. The summed E-state index contributed by atoms with van der Waals surface area (Å²) in [5.41, 5.74) is 9.62. The maximum absolute atomic E-state index is 9.72. The number of nitrogens with zero attached hydrogens (tertiary/aromatic N) is 3. The van der Waals surface area contributed by atoms with Crippen molar-refractivity contribution in [1.29, 1.82) is 5.26 Å². The van der Waals surface area contributed by atoms with Crippen molar-refractivity contribution < 1.29 is 4.74 Å². The van der Waals surface area contributed by atoms with E-state index < -0.39 is 0 Å². The second kappa shape index (κ2) is 12.0. The summed E-state index contributed by atoms with van der Waals surface area (Å²) in [7, 11) is 0. The van der Waals surface area contributed by atoms with Crippen LogP contribution in [0.15, 0.2) is 140 Å². The largest absolute Gasteiger partial charge is 0.457 e. The molecule has 0 aliphatic carbocycles. The molecule has 230 valence electrons. The van der Waals surface area contributed by atoms with Crippen LogP contribution in [0.3, 0.4) is 0 Å². The van der Waals surface area contributed by atoms with E-state index in [1.807, 2.05) is 42.5 Å². The number of hydrogen-bond donors (Lipinski definition) is 0. The Bertz CT molecular complexity index is 2350. The Balaban J connectivity index is 1.33. The van der Waals surface area contributed by atoms with E-state index >= 15 is 0 Å². The van der Waals surface area contributed by atoms with Gasteiger partial charge in [0.15, 0.2) is 5.82 Å². The van der Waals surface area contributed by atoms with Gasteiger partial charge in [0, 0.05) is 33.2 Å². The zero-order valence-corrected chi connectivity index (χ0v) is 26.9.